The molecular formula is C25H23F6N5O3. The Balaban J connectivity index is 1.55. The number of amides is 2. The first-order valence-electron chi connectivity index (χ1n) is 11.8. The number of benzene rings is 2. The molecule has 208 valence electrons. The van der Waals surface area contributed by atoms with Crippen LogP contribution in [-0.4, -0.2) is 64.5 Å². The van der Waals surface area contributed by atoms with Crippen LogP contribution in [0.15, 0.2) is 53.1 Å². The second-order valence-electron chi connectivity index (χ2n) is 8.93. The Kier molecular flexibility index (Phi) is 7.95. The van der Waals surface area contributed by atoms with Crippen molar-refractivity contribution in [2.45, 2.75) is 25.8 Å². The molecule has 4 rings (SSSR count). The molecule has 0 atom stereocenters. The summed E-state index contributed by atoms with van der Waals surface area (Å²) in [7, 11) is 0. The van der Waals surface area contributed by atoms with Crippen LogP contribution < -0.4 is 4.90 Å². The predicted octanol–water partition coefficient (Wildman–Crippen LogP) is 4.47. The Morgan fingerprint density at radius 1 is 0.949 bits per heavy atom. The van der Waals surface area contributed by atoms with Gasteiger partial charge < -0.3 is 14.3 Å². The van der Waals surface area contributed by atoms with Crippen LogP contribution in [0, 0.1) is 0 Å². The number of anilines is 1. The fraction of sp³-hybridized carbons (Fsp3) is 0.360. The molecule has 14 heteroatoms. The van der Waals surface area contributed by atoms with Crippen molar-refractivity contribution in [2.75, 3.05) is 37.6 Å². The van der Waals surface area contributed by atoms with Gasteiger partial charge in [-0.1, -0.05) is 35.5 Å². The Morgan fingerprint density at radius 2 is 1.62 bits per heavy atom. The first-order valence-corrected chi connectivity index (χ1v) is 11.8. The smallest absolute Gasteiger partial charge is 0.340 e. The van der Waals surface area contributed by atoms with Crippen molar-refractivity contribution < 1.29 is 40.5 Å². The molecule has 0 N–H and O–H groups in total. The lowest BCUT2D eigenvalue weighted by molar-refractivity contribution is -0.159. The van der Waals surface area contributed by atoms with Crippen molar-refractivity contribution in [3.63, 3.8) is 0 Å². The van der Waals surface area contributed by atoms with Crippen LogP contribution >= 0.6 is 0 Å². The molecule has 8 nitrogen and oxygen atoms in total. The quantitative estimate of drug-likeness (QED) is 0.418. The zero-order valence-electron chi connectivity index (χ0n) is 20.6. The van der Waals surface area contributed by atoms with Gasteiger partial charge in [-0.15, -0.1) is 0 Å². The highest BCUT2D eigenvalue weighted by molar-refractivity contribution is 5.94. The number of halogens is 6. The van der Waals surface area contributed by atoms with E-state index in [1.54, 1.807) is 4.90 Å². The van der Waals surface area contributed by atoms with Crippen LogP contribution in [0.3, 0.4) is 0 Å². The van der Waals surface area contributed by atoms with Gasteiger partial charge in [0, 0.05) is 44.4 Å². The lowest BCUT2D eigenvalue weighted by Crippen LogP contribution is -2.51. The highest BCUT2D eigenvalue weighted by Gasteiger charge is 2.38. The van der Waals surface area contributed by atoms with E-state index in [1.807, 2.05) is 4.90 Å². The summed E-state index contributed by atoms with van der Waals surface area (Å²) in [5.74, 6) is -2.32. The Bertz CT molecular complexity index is 1310. The van der Waals surface area contributed by atoms with Gasteiger partial charge in [0.05, 0.1) is 18.7 Å². The molecule has 3 aromatic rings. The highest BCUT2D eigenvalue weighted by Crippen LogP contribution is 2.33. The second kappa shape index (κ2) is 11.0. The fourth-order valence-electron chi connectivity index (χ4n) is 4.07. The van der Waals surface area contributed by atoms with Crippen molar-refractivity contribution in [2.24, 2.45) is 0 Å². The third kappa shape index (κ3) is 6.93. The lowest BCUT2D eigenvalue weighted by atomic mass is 10.1. The number of piperazine rings is 1. The van der Waals surface area contributed by atoms with Crippen LogP contribution in [0.5, 0.6) is 0 Å². The van der Waals surface area contributed by atoms with Gasteiger partial charge in [0.25, 0.3) is 0 Å². The molecule has 0 spiro atoms. The summed E-state index contributed by atoms with van der Waals surface area (Å²) in [4.78, 5) is 33.0. The van der Waals surface area contributed by atoms with Crippen molar-refractivity contribution >= 4 is 17.5 Å². The van der Waals surface area contributed by atoms with Gasteiger partial charge >= 0.3 is 18.2 Å². The number of rotatable bonds is 6. The molecule has 1 aliphatic rings. The Morgan fingerprint density at radius 3 is 2.18 bits per heavy atom. The van der Waals surface area contributed by atoms with Gasteiger partial charge in [0.15, 0.2) is 0 Å². The summed E-state index contributed by atoms with van der Waals surface area (Å²) in [6, 6.07) is 10.3. The fourth-order valence-corrected chi connectivity index (χ4v) is 4.07. The number of hydrogen-bond donors (Lipinski definition) is 0. The second-order valence-corrected chi connectivity index (χ2v) is 8.93. The molecule has 2 heterocycles. The minimum absolute atomic E-state index is 0.0364. The molecule has 0 aliphatic carbocycles. The van der Waals surface area contributed by atoms with E-state index in [2.05, 4.69) is 14.7 Å². The zero-order chi connectivity index (χ0) is 28.4. The van der Waals surface area contributed by atoms with E-state index < -0.39 is 29.7 Å². The Hall–Kier alpha value is -3.94. The summed E-state index contributed by atoms with van der Waals surface area (Å²) in [5.41, 5.74) is -0.154. The average Bonchev–Trinajstić information content (AvgIpc) is 3.39. The highest BCUT2D eigenvalue weighted by atomic mass is 19.4. The summed E-state index contributed by atoms with van der Waals surface area (Å²) >= 11 is 0. The molecule has 0 saturated carbocycles. The third-order valence-electron chi connectivity index (χ3n) is 6.18. The number of carbonyl (C=O) groups is 2. The molecule has 0 unspecified atom stereocenters. The maximum atomic E-state index is 13.4. The molecule has 0 bridgehead atoms. The largest absolute Gasteiger partial charge is 0.471 e. The van der Waals surface area contributed by atoms with Crippen molar-refractivity contribution in [3.8, 4) is 11.4 Å². The van der Waals surface area contributed by atoms with Crippen molar-refractivity contribution in [1.82, 2.24) is 19.9 Å². The molecule has 1 aliphatic heterocycles. The zero-order valence-corrected chi connectivity index (χ0v) is 20.6. The number of carbonyl (C=O) groups excluding carboxylic acids is 2. The van der Waals surface area contributed by atoms with E-state index in [0.29, 0.717) is 31.7 Å². The summed E-state index contributed by atoms with van der Waals surface area (Å²) in [5, 5.41) is 3.33. The molecular weight excluding hydrogens is 532 g/mol. The van der Waals surface area contributed by atoms with Gasteiger partial charge in [0.2, 0.25) is 17.6 Å². The van der Waals surface area contributed by atoms with E-state index in [4.69, 9.17) is 0 Å². The first-order chi connectivity index (χ1) is 18.3. The van der Waals surface area contributed by atoms with Gasteiger partial charge in [-0.25, -0.2) is 0 Å². The minimum Gasteiger partial charge on any atom is -0.340 e. The molecule has 0 radical (unpaired) electrons. The monoisotopic (exact) mass is 555 g/mol. The van der Waals surface area contributed by atoms with Gasteiger partial charge in [-0.2, -0.15) is 31.3 Å². The van der Waals surface area contributed by atoms with E-state index in [1.165, 1.54) is 48.2 Å². The molecule has 1 saturated heterocycles. The maximum Gasteiger partial charge on any atom is 0.471 e. The van der Waals surface area contributed by atoms with Crippen LogP contribution in [0.4, 0.5) is 32.0 Å². The molecule has 2 aromatic carbocycles. The van der Waals surface area contributed by atoms with Gasteiger partial charge in [0.1, 0.15) is 0 Å². The minimum atomic E-state index is -4.80. The van der Waals surface area contributed by atoms with E-state index in [-0.39, 0.29) is 36.1 Å². The van der Waals surface area contributed by atoms with Crippen LogP contribution in [0.2, 0.25) is 0 Å². The summed E-state index contributed by atoms with van der Waals surface area (Å²) in [6.07, 6.45) is -9.41. The molecule has 1 aromatic heterocycles. The summed E-state index contributed by atoms with van der Waals surface area (Å²) in [6.45, 7) is 2.99. The molecule has 2 amide bonds. The third-order valence-corrected chi connectivity index (χ3v) is 6.18. The number of hydrogen-bond acceptors (Lipinski definition) is 6. The van der Waals surface area contributed by atoms with E-state index in [9.17, 15) is 35.9 Å². The lowest BCUT2D eigenvalue weighted by Gasteiger charge is -2.35. The Labute approximate surface area is 218 Å². The summed E-state index contributed by atoms with van der Waals surface area (Å²) < 4.78 is 82.7. The maximum absolute atomic E-state index is 13.4. The molecule has 39 heavy (non-hydrogen) atoms. The normalized spacial score (nSPS) is 14.9. The topological polar surface area (TPSA) is 82.8 Å². The average molecular weight is 555 g/mol. The number of aromatic nitrogens is 2. The predicted molar refractivity (Wildman–Crippen MR) is 126 cm³/mol. The number of alkyl halides is 6. The standard InChI is InChI=1S/C25H23F6N5O3/c1-16(37)35-11-9-34(10-12-35)15-21(38)36(20-4-2-3-19(13-20)24(26,27)28)14-17-5-7-18(8-6-17)22-32-23(39-33-22)25(29,30)31/h2-8,13H,9-12,14-15H2,1H3. The van der Waals surface area contributed by atoms with E-state index >= 15 is 0 Å². The molecule has 1 fully saturated rings. The van der Waals surface area contributed by atoms with E-state index in [0.717, 1.165) is 12.1 Å². The van der Waals surface area contributed by atoms with Crippen LogP contribution in [0.25, 0.3) is 11.4 Å². The van der Waals surface area contributed by atoms with Crippen molar-refractivity contribution in [3.05, 3.63) is 65.5 Å². The van der Waals surface area contributed by atoms with Crippen LogP contribution in [0.1, 0.15) is 23.9 Å². The van der Waals surface area contributed by atoms with Crippen molar-refractivity contribution in [1.29, 1.82) is 0 Å². The SMILES string of the molecule is CC(=O)N1CCN(CC(=O)N(Cc2ccc(-c3noc(C(F)(F)F)n3)cc2)c2cccc(C(F)(F)F)c2)CC1. The first kappa shape index (κ1) is 28.1. The van der Waals surface area contributed by atoms with Gasteiger partial charge in [-0.05, 0) is 23.8 Å². The number of nitrogens with zero attached hydrogens (tertiary/aromatic N) is 5. The van der Waals surface area contributed by atoms with Gasteiger partial charge in [-0.3, -0.25) is 14.5 Å². The van der Waals surface area contributed by atoms with Crippen LogP contribution in [-0.2, 0) is 28.5 Å².